The van der Waals surface area contributed by atoms with E-state index in [0.29, 0.717) is 52.0 Å². The van der Waals surface area contributed by atoms with Crippen molar-refractivity contribution >= 4 is 17.7 Å². The summed E-state index contributed by atoms with van der Waals surface area (Å²) in [6, 6.07) is 9.14. The number of rotatable bonds is 6. The summed E-state index contributed by atoms with van der Waals surface area (Å²) in [6.45, 7) is 2.19. The Hall–Kier alpha value is -3.16. The van der Waals surface area contributed by atoms with Crippen molar-refractivity contribution in [3.8, 4) is 0 Å². The third-order valence-electron chi connectivity index (χ3n) is 4.84. The minimum absolute atomic E-state index is 0.0163. The Balaban J connectivity index is 1.43. The van der Waals surface area contributed by atoms with Crippen LogP contribution in [0.3, 0.4) is 0 Å². The molecule has 154 valence electrons. The highest BCUT2D eigenvalue weighted by Crippen LogP contribution is 2.13. The van der Waals surface area contributed by atoms with Crippen molar-refractivity contribution in [3.63, 3.8) is 0 Å². The highest BCUT2D eigenvalue weighted by molar-refractivity contribution is 5.94. The van der Waals surface area contributed by atoms with Crippen LogP contribution in [0.4, 0.5) is 4.39 Å². The van der Waals surface area contributed by atoms with Gasteiger partial charge in [0.1, 0.15) is 5.82 Å². The summed E-state index contributed by atoms with van der Waals surface area (Å²) in [5.41, 5.74) is 0.0552. The highest BCUT2D eigenvalue weighted by atomic mass is 19.1. The van der Waals surface area contributed by atoms with Crippen LogP contribution >= 0.6 is 0 Å². The standard InChI is InChI=1S/C21H24FN3O4/c22-17-7-2-1-6-16(17)21(28)25-12-5-11-24(13-14-25)19(26)9-3-10-23-20(27)18-8-4-15-29-18/h1-2,4,6-8,15H,3,5,9-14H2,(H,23,27). The molecule has 29 heavy (non-hydrogen) atoms. The average molecular weight is 401 g/mol. The summed E-state index contributed by atoms with van der Waals surface area (Å²) in [5.74, 6) is -0.968. The van der Waals surface area contributed by atoms with Crippen molar-refractivity contribution in [2.45, 2.75) is 19.3 Å². The van der Waals surface area contributed by atoms with E-state index in [2.05, 4.69) is 5.32 Å². The first-order chi connectivity index (χ1) is 14.1. The highest BCUT2D eigenvalue weighted by Gasteiger charge is 2.24. The molecule has 0 unspecified atom stereocenters. The molecule has 0 radical (unpaired) electrons. The van der Waals surface area contributed by atoms with Gasteiger partial charge in [-0.15, -0.1) is 0 Å². The third-order valence-corrected chi connectivity index (χ3v) is 4.84. The predicted octanol–water partition coefficient (Wildman–Crippen LogP) is 2.30. The lowest BCUT2D eigenvalue weighted by Crippen LogP contribution is -2.37. The predicted molar refractivity (Wildman–Crippen MR) is 104 cm³/mol. The molecule has 7 nitrogen and oxygen atoms in total. The molecule has 1 fully saturated rings. The lowest BCUT2D eigenvalue weighted by Gasteiger charge is -2.22. The van der Waals surface area contributed by atoms with Gasteiger partial charge in [-0.1, -0.05) is 12.1 Å². The average Bonchev–Trinajstić information content (AvgIpc) is 3.15. The van der Waals surface area contributed by atoms with Crippen LogP contribution in [-0.2, 0) is 4.79 Å². The summed E-state index contributed by atoms with van der Waals surface area (Å²) < 4.78 is 18.9. The fraction of sp³-hybridized carbons (Fsp3) is 0.381. The molecule has 3 rings (SSSR count). The van der Waals surface area contributed by atoms with E-state index in [1.807, 2.05) is 0 Å². The summed E-state index contributed by atoms with van der Waals surface area (Å²) >= 11 is 0. The quantitative estimate of drug-likeness (QED) is 0.753. The van der Waals surface area contributed by atoms with Crippen LogP contribution in [0, 0.1) is 5.82 Å². The Morgan fingerprint density at radius 3 is 2.52 bits per heavy atom. The van der Waals surface area contributed by atoms with Crippen LogP contribution in [0.15, 0.2) is 47.1 Å². The van der Waals surface area contributed by atoms with Gasteiger partial charge in [0.25, 0.3) is 11.8 Å². The molecule has 0 spiro atoms. The molecule has 3 amide bonds. The topological polar surface area (TPSA) is 82.9 Å². The van der Waals surface area contributed by atoms with Gasteiger partial charge in [0.2, 0.25) is 5.91 Å². The molecule has 2 aromatic rings. The number of nitrogens with one attached hydrogen (secondary N) is 1. The summed E-state index contributed by atoms with van der Waals surface area (Å²) in [4.78, 5) is 40.1. The van der Waals surface area contributed by atoms with E-state index in [-0.39, 0.29) is 29.0 Å². The van der Waals surface area contributed by atoms with Gasteiger partial charge in [-0.3, -0.25) is 14.4 Å². The van der Waals surface area contributed by atoms with Crippen LogP contribution in [0.25, 0.3) is 0 Å². The first kappa shape index (κ1) is 20.6. The summed E-state index contributed by atoms with van der Waals surface area (Å²) in [5, 5.41) is 2.71. The minimum atomic E-state index is -0.536. The Morgan fingerprint density at radius 2 is 1.76 bits per heavy atom. The SMILES string of the molecule is O=C(NCCCC(=O)N1CCCN(C(=O)c2ccccc2F)CC1)c1ccco1. The van der Waals surface area contributed by atoms with Crippen LogP contribution < -0.4 is 5.32 Å². The zero-order valence-electron chi connectivity index (χ0n) is 16.1. The molecule has 0 aliphatic carbocycles. The first-order valence-electron chi connectivity index (χ1n) is 9.69. The van der Waals surface area contributed by atoms with Crippen molar-refractivity contribution in [3.05, 3.63) is 59.8 Å². The van der Waals surface area contributed by atoms with Crippen molar-refractivity contribution < 1.29 is 23.2 Å². The lowest BCUT2D eigenvalue weighted by atomic mass is 10.2. The molecule has 1 N–H and O–H groups in total. The van der Waals surface area contributed by atoms with Crippen molar-refractivity contribution in [1.82, 2.24) is 15.1 Å². The van der Waals surface area contributed by atoms with Gasteiger partial charge in [-0.25, -0.2) is 4.39 Å². The number of furan rings is 1. The van der Waals surface area contributed by atoms with E-state index in [0.717, 1.165) is 0 Å². The molecule has 1 aromatic heterocycles. The number of nitrogens with zero attached hydrogens (tertiary/aromatic N) is 2. The normalized spacial score (nSPS) is 14.4. The molecule has 1 aliphatic heterocycles. The molecule has 2 heterocycles. The fourth-order valence-corrected chi connectivity index (χ4v) is 3.27. The molecular formula is C21H24FN3O4. The van der Waals surface area contributed by atoms with Gasteiger partial charge < -0.3 is 19.5 Å². The van der Waals surface area contributed by atoms with Crippen LogP contribution in [0.2, 0.25) is 0 Å². The van der Waals surface area contributed by atoms with Crippen molar-refractivity contribution in [2.24, 2.45) is 0 Å². The van der Waals surface area contributed by atoms with Crippen LogP contribution in [0.5, 0.6) is 0 Å². The van der Waals surface area contributed by atoms with Gasteiger partial charge >= 0.3 is 0 Å². The fourth-order valence-electron chi connectivity index (χ4n) is 3.27. The van der Waals surface area contributed by atoms with Gasteiger partial charge in [0.15, 0.2) is 5.76 Å². The Labute approximate surface area is 168 Å². The lowest BCUT2D eigenvalue weighted by molar-refractivity contribution is -0.131. The van der Waals surface area contributed by atoms with Gasteiger partial charge in [0, 0.05) is 39.1 Å². The third kappa shape index (κ3) is 5.43. The zero-order valence-corrected chi connectivity index (χ0v) is 16.1. The second kappa shape index (κ2) is 9.86. The Morgan fingerprint density at radius 1 is 1.00 bits per heavy atom. The second-order valence-corrected chi connectivity index (χ2v) is 6.84. The maximum absolute atomic E-state index is 13.9. The molecule has 1 aromatic carbocycles. The van der Waals surface area contributed by atoms with E-state index in [1.165, 1.54) is 18.4 Å². The molecule has 0 bridgehead atoms. The van der Waals surface area contributed by atoms with Crippen LogP contribution in [-0.4, -0.2) is 60.2 Å². The van der Waals surface area contributed by atoms with E-state index in [9.17, 15) is 18.8 Å². The minimum Gasteiger partial charge on any atom is -0.459 e. The molecule has 0 saturated carbocycles. The number of amides is 3. The Kier molecular flexibility index (Phi) is 6.99. The number of benzene rings is 1. The van der Waals surface area contributed by atoms with Crippen molar-refractivity contribution in [1.29, 1.82) is 0 Å². The molecular weight excluding hydrogens is 377 g/mol. The number of halogens is 1. The molecule has 1 saturated heterocycles. The largest absolute Gasteiger partial charge is 0.459 e. The van der Waals surface area contributed by atoms with E-state index in [4.69, 9.17) is 4.42 Å². The van der Waals surface area contributed by atoms with Gasteiger partial charge in [-0.2, -0.15) is 0 Å². The van der Waals surface area contributed by atoms with Gasteiger partial charge in [0.05, 0.1) is 11.8 Å². The second-order valence-electron chi connectivity index (χ2n) is 6.84. The summed E-state index contributed by atoms with van der Waals surface area (Å²) in [6.07, 6.45) is 2.89. The van der Waals surface area contributed by atoms with E-state index in [1.54, 1.807) is 34.1 Å². The smallest absolute Gasteiger partial charge is 0.286 e. The molecule has 8 heteroatoms. The Bertz CT molecular complexity index is 853. The number of carbonyl (C=O) groups is 3. The molecule has 0 atom stereocenters. The van der Waals surface area contributed by atoms with Gasteiger partial charge in [-0.05, 0) is 37.1 Å². The van der Waals surface area contributed by atoms with Crippen LogP contribution in [0.1, 0.15) is 40.2 Å². The maximum Gasteiger partial charge on any atom is 0.286 e. The van der Waals surface area contributed by atoms with E-state index < -0.39 is 5.82 Å². The number of hydrogen-bond acceptors (Lipinski definition) is 4. The summed E-state index contributed by atoms with van der Waals surface area (Å²) in [7, 11) is 0. The van der Waals surface area contributed by atoms with E-state index >= 15 is 0 Å². The molecule has 1 aliphatic rings. The maximum atomic E-state index is 13.9. The first-order valence-corrected chi connectivity index (χ1v) is 9.69. The number of carbonyl (C=O) groups excluding carboxylic acids is 3. The zero-order chi connectivity index (χ0) is 20.6. The van der Waals surface area contributed by atoms with Crippen molar-refractivity contribution in [2.75, 3.05) is 32.7 Å². The number of hydrogen-bond donors (Lipinski definition) is 1. The monoisotopic (exact) mass is 401 g/mol.